The van der Waals surface area contributed by atoms with Gasteiger partial charge in [-0.15, -0.1) is 0 Å². The molecule has 0 saturated carbocycles. The van der Waals surface area contributed by atoms with Crippen LogP contribution in [0.25, 0.3) is 17.1 Å². The number of ether oxygens (including phenoxy) is 5. The number of pyridine rings is 1. The van der Waals surface area contributed by atoms with Crippen molar-refractivity contribution in [1.29, 1.82) is 0 Å². The molecule has 0 N–H and O–H groups in total. The third kappa shape index (κ3) is 6.13. The Balaban J connectivity index is 1.44. The lowest BCUT2D eigenvalue weighted by atomic mass is 10.1. The van der Waals surface area contributed by atoms with Gasteiger partial charge in [0.15, 0.2) is 11.5 Å². The molecule has 2 aromatic heterocycles. The fourth-order valence-corrected chi connectivity index (χ4v) is 5.50. The molecule has 224 valence electrons. The molecule has 4 heterocycles. The Labute approximate surface area is 250 Å². The highest BCUT2D eigenvalue weighted by Gasteiger charge is 2.24. The maximum absolute atomic E-state index is 14.1. The van der Waals surface area contributed by atoms with Gasteiger partial charge in [0.25, 0.3) is 5.91 Å². The van der Waals surface area contributed by atoms with E-state index in [9.17, 15) is 4.79 Å². The molecule has 1 saturated heterocycles. The lowest BCUT2D eigenvalue weighted by molar-refractivity contribution is 0.0341. The molecule has 4 bridgehead atoms. The molecule has 0 radical (unpaired) electrons. The fourth-order valence-electron chi connectivity index (χ4n) is 5.50. The van der Waals surface area contributed by atoms with Gasteiger partial charge in [-0.1, -0.05) is 6.07 Å². The highest BCUT2D eigenvalue weighted by molar-refractivity contribution is 5.96. The minimum Gasteiger partial charge on any atom is -0.493 e. The number of hydrogen-bond donors (Lipinski definition) is 0. The van der Waals surface area contributed by atoms with Crippen LogP contribution in [0.5, 0.6) is 23.3 Å². The van der Waals surface area contributed by atoms with E-state index in [0.717, 1.165) is 61.1 Å². The van der Waals surface area contributed by atoms with E-state index in [4.69, 9.17) is 28.7 Å². The predicted molar refractivity (Wildman–Crippen MR) is 159 cm³/mol. The largest absolute Gasteiger partial charge is 0.493 e. The lowest BCUT2D eigenvalue weighted by Gasteiger charge is -2.27. The SMILES string of the molecule is COc1ccc(C(=O)N2CCOc3cc(ccc3OC)-c3nccn3-c3cc(CN4CCOCC4)cc(c3)C2)c(OC)n1. The van der Waals surface area contributed by atoms with Gasteiger partial charge >= 0.3 is 0 Å². The molecule has 2 aliphatic rings. The number of fused-ring (bicyclic) bond motifs is 7. The average Bonchev–Trinajstić information content (AvgIpc) is 3.54. The monoisotopic (exact) mass is 585 g/mol. The molecule has 2 aromatic carbocycles. The van der Waals surface area contributed by atoms with Crippen molar-refractivity contribution in [2.45, 2.75) is 13.1 Å². The van der Waals surface area contributed by atoms with Crippen LogP contribution in [-0.2, 0) is 17.8 Å². The van der Waals surface area contributed by atoms with Crippen molar-refractivity contribution in [3.05, 3.63) is 77.6 Å². The van der Waals surface area contributed by atoms with Crippen LogP contribution < -0.4 is 18.9 Å². The van der Waals surface area contributed by atoms with Gasteiger partial charge in [0, 0.05) is 55.9 Å². The number of carbonyl (C=O) groups is 1. The highest BCUT2D eigenvalue weighted by Crippen LogP contribution is 2.34. The molecule has 43 heavy (non-hydrogen) atoms. The summed E-state index contributed by atoms with van der Waals surface area (Å²) in [6.07, 6.45) is 3.74. The van der Waals surface area contributed by atoms with E-state index in [-0.39, 0.29) is 18.4 Å². The van der Waals surface area contributed by atoms with Crippen molar-refractivity contribution < 1.29 is 28.5 Å². The quantitative estimate of drug-likeness (QED) is 0.334. The number of morpholine rings is 1. The zero-order valence-corrected chi connectivity index (χ0v) is 24.6. The Morgan fingerprint density at radius 3 is 2.58 bits per heavy atom. The number of imidazole rings is 1. The minimum atomic E-state index is -0.227. The summed E-state index contributed by atoms with van der Waals surface area (Å²) in [5.41, 5.74) is 4.32. The molecule has 0 spiro atoms. The maximum atomic E-state index is 14.1. The zero-order chi connectivity index (χ0) is 29.8. The first kappa shape index (κ1) is 28.5. The van der Waals surface area contributed by atoms with Crippen LogP contribution in [0.1, 0.15) is 21.5 Å². The van der Waals surface area contributed by atoms with Crippen LogP contribution in [0.4, 0.5) is 0 Å². The smallest absolute Gasteiger partial charge is 0.259 e. The fraction of sp³-hybridized carbons (Fsp3) is 0.344. The number of carbonyl (C=O) groups excluding carboxylic acids is 1. The Morgan fingerprint density at radius 1 is 0.930 bits per heavy atom. The van der Waals surface area contributed by atoms with Gasteiger partial charge in [0.1, 0.15) is 18.0 Å². The third-order valence-electron chi connectivity index (χ3n) is 7.64. The van der Waals surface area contributed by atoms with Crippen molar-refractivity contribution >= 4 is 5.91 Å². The highest BCUT2D eigenvalue weighted by atomic mass is 16.5. The van der Waals surface area contributed by atoms with Crippen molar-refractivity contribution in [3.63, 3.8) is 0 Å². The van der Waals surface area contributed by atoms with E-state index in [0.29, 0.717) is 36.0 Å². The van der Waals surface area contributed by atoms with Gasteiger partial charge in [-0.2, -0.15) is 4.98 Å². The lowest BCUT2D eigenvalue weighted by Crippen LogP contribution is -2.36. The topological polar surface area (TPSA) is 100 Å². The number of hydrogen-bond acceptors (Lipinski definition) is 9. The number of rotatable bonds is 6. The van der Waals surface area contributed by atoms with Gasteiger partial charge in [-0.3, -0.25) is 14.3 Å². The van der Waals surface area contributed by atoms with E-state index >= 15 is 0 Å². The van der Waals surface area contributed by atoms with Gasteiger partial charge in [-0.25, -0.2) is 4.98 Å². The summed E-state index contributed by atoms with van der Waals surface area (Å²) in [7, 11) is 4.62. The Hall–Kier alpha value is -4.61. The van der Waals surface area contributed by atoms with Crippen molar-refractivity contribution in [3.8, 4) is 40.3 Å². The molecule has 0 unspecified atom stereocenters. The predicted octanol–water partition coefficient (Wildman–Crippen LogP) is 3.83. The Bertz CT molecular complexity index is 1600. The summed E-state index contributed by atoms with van der Waals surface area (Å²) in [6, 6.07) is 15.6. The van der Waals surface area contributed by atoms with Crippen LogP contribution in [-0.4, -0.2) is 91.0 Å². The molecule has 2 aliphatic heterocycles. The van der Waals surface area contributed by atoms with E-state index in [1.807, 2.05) is 24.4 Å². The van der Waals surface area contributed by atoms with Crippen LogP contribution in [0, 0.1) is 0 Å². The first-order chi connectivity index (χ1) is 21.1. The molecule has 1 fully saturated rings. The second-order valence-corrected chi connectivity index (χ2v) is 10.4. The molecule has 0 atom stereocenters. The maximum Gasteiger partial charge on any atom is 0.259 e. The first-order valence-corrected chi connectivity index (χ1v) is 14.2. The van der Waals surface area contributed by atoms with Crippen LogP contribution >= 0.6 is 0 Å². The van der Waals surface area contributed by atoms with E-state index < -0.39 is 0 Å². The van der Waals surface area contributed by atoms with E-state index in [1.165, 1.54) is 14.2 Å². The van der Waals surface area contributed by atoms with Gasteiger partial charge in [0.2, 0.25) is 11.8 Å². The van der Waals surface area contributed by atoms with Crippen LogP contribution in [0.3, 0.4) is 0 Å². The standard InChI is InChI=1S/C32H35N5O6/c1-39-27-6-4-24-19-28(27)43-15-12-36(32(38)26-5-7-29(40-2)34-31(26)41-3)21-23-16-22(20-35-10-13-42-14-11-35)17-25(18-23)37-9-8-33-30(24)37/h4-9,16-19H,10-15,20-21H2,1-3H3. The summed E-state index contributed by atoms with van der Waals surface area (Å²) in [5.74, 6) is 2.30. The molecule has 4 aromatic rings. The minimum absolute atomic E-state index is 0.201. The zero-order valence-electron chi connectivity index (χ0n) is 24.6. The number of nitrogens with zero attached hydrogens (tertiary/aromatic N) is 5. The molecule has 11 heteroatoms. The van der Waals surface area contributed by atoms with Gasteiger partial charge in [0.05, 0.1) is 41.1 Å². The normalized spacial score (nSPS) is 15.3. The number of aromatic nitrogens is 3. The Morgan fingerprint density at radius 2 is 1.79 bits per heavy atom. The summed E-state index contributed by atoms with van der Waals surface area (Å²) in [6.45, 7) is 4.86. The third-order valence-corrected chi connectivity index (χ3v) is 7.64. The van der Waals surface area contributed by atoms with Crippen molar-refractivity contribution in [1.82, 2.24) is 24.3 Å². The average molecular weight is 586 g/mol. The summed E-state index contributed by atoms with van der Waals surface area (Å²) < 4.78 is 30.2. The van der Waals surface area contributed by atoms with E-state index in [1.54, 1.807) is 30.3 Å². The molecule has 0 aliphatic carbocycles. The van der Waals surface area contributed by atoms with Gasteiger partial charge in [-0.05, 0) is 47.5 Å². The second kappa shape index (κ2) is 12.7. The summed E-state index contributed by atoms with van der Waals surface area (Å²) in [5, 5.41) is 0. The molecule has 1 amide bonds. The number of amides is 1. The van der Waals surface area contributed by atoms with Crippen LogP contribution in [0.15, 0.2) is 60.9 Å². The van der Waals surface area contributed by atoms with Crippen LogP contribution in [0.2, 0.25) is 0 Å². The Kier molecular flexibility index (Phi) is 8.43. The second-order valence-electron chi connectivity index (χ2n) is 10.4. The first-order valence-electron chi connectivity index (χ1n) is 14.2. The number of methoxy groups -OCH3 is 3. The van der Waals surface area contributed by atoms with Crippen molar-refractivity contribution in [2.24, 2.45) is 0 Å². The summed E-state index contributed by atoms with van der Waals surface area (Å²) in [4.78, 5) is 27.2. The molecular weight excluding hydrogens is 550 g/mol. The van der Waals surface area contributed by atoms with E-state index in [2.05, 4.69) is 32.7 Å². The molecular formula is C32H35N5O6. The van der Waals surface area contributed by atoms with Gasteiger partial charge < -0.3 is 28.6 Å². The molecule has 6 rings (SSSR count). The van der Waals surface area contributed by atoms with Crippen molar-refractivity contribution in [2.75, 3.05) is 60.8 Å². The molecule has 11 nitrogen and oxygen atoms in total. The number of benzene rings is 2. The summed E-state index contributed by atoms with van der Waals surface area (Å²) >= 11 is 0.